The van der Waals surface area contributed by atoms with Crippen LogP contribution in [0.5, 0.6) is 0 Å². The van der Waals surface area contributed by atoms with Gasteiger partial charge in [-0.3, -0.25) is 9.09 Å². The molecule has 6 atom stereocenters. The molecule has 1 aliphatic rings. The number of phosphoric ester groups is 1. The Hall–Kier alpha value is -1.75. The van der Waals surface area contributed by atoms with Crippen LogP contribution in [0.25, 0.3) is 10.4 Å². The molecular weight excluding hydrogens is 512 g/mol. The molecule has 1 aromatic rings. The third-order valence-corrected chi connectivity index (χ3v) is 7.33. The summed E-state index contributed by atoms with van der Waals surface area (Å²) in [6.07, 6.45) is -6.02. The summed E-state index contributed by atoms with van der Waals surface area (Å²) in [5.74, 6) is -0.242. The first-order valence-electron chi connectivity index (χ1n) is 7.70. The highest BCUT2D eigenvalue weighted by atomic mass is 31.3. The first kappa shape index (κ1) is 26.5. The molecule has 23 heteroatoms. The number of alkyl halides is 1. The summed E-state index contributed by atoms with van der Waals surface area (Å²) in [7, 11) is -17.3. The maximum Gasteiger partial charge on any atom is 0.490 e. The van der Waals surface area contributed by atoms with E-state index in [4.69, 9.17) is 30.7 Å². The van der Waals surface area contributed by atoms with Crippen LogP contribution in [0.2, 0.25) is 0 Å². The highest BCUT2D eigenvalue weighted by Gasteiger charge is 2.57. The third-order valence-electron chi connectivity index (χ3n) is 3.55. The monoisotopic (exact) mass is 526 g/mol. The van der Waals surface area contributed by atoms with Crippen molar-refractivity contribution in [2.24, 2.45) is 5.11 Å². The summed E-state index contributed by atoms with van der Waals surface area (Å²) < 4.78 is 65.3. The van der Waals surface area contributed by atoms with Crippen molar-refractivity contribution in [3.05, 3.63) is 33.2 Å². The van der Waals surface area contributed by atoms with Crippen LogP contribution in [-0.4, -0.2) is 58.8 Å². The zero-order chi connectivity index (χ0) is 24.5. The van der Waals surface area contributed by atoms with Gasteiger partial charge in [0.25, 0.3) is 0 Å². The summed E-state index contributed by atoms with van der Waals surface area (Å²) >= 11 is 0. The fraction of sp³-hybridized carbons (Fsp3) is 0.556. The average molecular weight is 526 g/mol. The van der Waals surface area contributed by atoms with Crippen molar-refractivity contribution in [3.8, 4) is 0 Å². The van der Waals surface area contributed by atoms with Gasteiger partial charge in [-0.05, 0) is 11.6 Å². The van der Waals surface area contributed by atoms with Crippen molar-refractivity contribution in [1.82, 2.24) is 9.55 Å². The number of ether oxygens (including phenoxy) is 1. The Morgan fingerprint density at radius 2 is 1.94 bits per heavy atom. The second kappa shape index (κ2) is 9.24. The molecule has 19 nitrogen and oxygen atoms in total. The van der Waals surface area contributed by atoms with Gasteiger partial charge in [0.1, 0.15) is 11.9 Å². The molecule has 3 unspecified atom stereocenters. The molecule has 32 heavy (non-hydrogen) atoms. The van der Waals surface area contributed by atoms with E-state index in [0.717, 1.165) is 12.3 Å². The number of halogens is 1. The van der Waals surface area contributed by atoms with Crippen LogP contribution < -0.4 is 11.4 Å². The van der Waals surface area contributed by atoms with Crippen LogP contribution in [-0.2, 0) is 31.6 Å². The number of aliphatic hydroxyl groups is 1. The van der Waals surface area contributed by atoms with Gasteiger partial charge in [-0.25, -0.2) is 22.9 Å². The molecule has 1 aliphatic heterocycles. The van der Waals surface area contributed by atoms with E-state index in [2.05, 4.69) is 28.2 Å². The van der Waals surface area contributed by atoms with E-state index >= 15 is 0 Å². The molecule has 180 valence electrons. The van der Waals surface area contributed by atoms with E-state index in [1.165, 1.54) is 0 Å². The summed E-state index contributed by atoms with van der Waals surface area (Å²) in [5, 5.41) is 13.1. The van der Waals surface area contributed by atoms with Crippen LogP contribution in [0.15, 0.2) is 22.2 Å². The maximum atomic E-state index is 14.7. The smallest absolute Gasteiger partial charge is 0.387 e. The zero-order valence-electron chi connectivity index (χ0n) is 15.1. The second-order valence-electron chi connectivity index (χ2n) is 5.84. The van der Waals surface area contributed by atoms with Crippen LogP contribution in [0, 0.1) is 0 Å². The molecule has 0 radical (unpaired) electrons. The molecule has 0 aliphatic carbocycles. The van der Waals surface area contributed by atoms with Crippen LogP contribution >= 0.6 is 23.5 Å². The van der Waals surface area contributed by atoms with Gasteiger partial charge in [-0.15, -0.1) is 0 Å². The summed E-state index contributed by atoms with van der Waals surface area (Å²) in [6, 6.07) is 1.06. The molecule has 0 aromatic carbocycles. The van der Waals surface area contributed by atoms with E-state index in [-0.39, 0.29) is 5.82 Å². The quantitative estimate of drug-likeness (QED) is 0.101. The largest absolute Gasteiger partial charge is 0.490 e. The Morgan fingerprint density at radius 3 is 2.47 bits per heavy atom. The van der Waals surface area contributed by atoms with Crippen LogP contribution in [0.4, 0.5) is 10.2 Å². The number of nitrogens with two attached hydrogens (primary N) is 1. The number of azide groups is 1. The van der Waals surface area contributed by atoms with Crippen LogP contribution in [0.1, 0.15) is 6.23 Å². The Balaban J connectivity index is 2.28. The number of rotatable bonds is 9. The molecule has 1 saturated heterocycles. The molecule has 0 amide bonds. The minimum absolute atomic E-state index is 0.242. The molecular formula is C9H14FN6O13P3. The van der Waals surface area contributed by atoms with Crippen LogP contribution in [0.3, 0.4) is 0 Å². The lowest BCUT2D eigenvalue weighted by molar-refractivity contribution is -0.122. The SMILES string of the molecule is [N-]=[N+]=NC1(COP(=O)(O)OP(=O)(O)OP(=O)(O)O)O[C@@H](n2ccc(N)nc2=O)[C@H](F)[C@@H]1O. The molecule has 0 spiro atoms. The van der Waals surface area contributed by atoms with Gasteiger partial charge in [-0.1, -0.05) is 5.11 Å². The van der Waals surface area contributed by atoms with Crippen molar-refractivity contribution < 1.29 is 60.6 Å². The number of nitrogens with zero attached hydrogens (tertiary/aromatic N) is 5. The Bertz CT molecular complexity index is 1120. The normalized spacial score (nSPS) is 29.6. The third kappa shape index (κ3) is 6.40. The summed E-state index contributed by atoms with van der Waals surface area (Å²) in [6.45, 7) is -1.52. The number of nitrogen functional groups attached to an aromatic ring is 1. The number of hydrogen-bond donors (Lipinski definition) is 6. The van der Waals surface area contributed by atoms with Crippen molar-refractivity contribution in [2.75, 3.05) is 12.3 Å². The predicted molar refractivity (Wildman–Crippen MR) is 95.6 cm³/mol. The predicted octanol–water partition coefficient (Wildman–Crippen LogP) is -0.597. The van der Waals surface area contributed by atoms with E-state index in [1.807, 2.05) is 0 Å². The number of anilines is 1. The van der Waals surface area contributed by atoms with Gasteiger partial charge >= 0.3 is 29.2 Å². The molecule has 7 N–H and O–H groups in total. The number of phosphoric acid groups is 3. The highest BCUT2D eigenvalue weighted by molar-refractivity contribution is 7.66. The zero-order valence-corrected chi connectivity index (χ0v) is 17.8. The molecule has 0 saturated carbocycles. The molecule has 0 bridgehead atoms. The number of aromatic nitrogens is 2. The Kier molecular flexibility index (Phi) is 7.66. The van der Waals surface area contributed by atoms with Gasteiger partial charge in [0.2, 0.25) is 5.72 Å². The lowest BCUT2D eigenvalue weighted by Crippen LogP contribution is -2.44. The van der Waals surface area contributed by atoms with Crippen molar-refractivity contribution in [2.45, 2.75) is 24.2 Å². The summed E-state index contributed by atoms with van der Waals surface area (Å²) in [5.41, 5.74) is 10.1. The minimum Gasteiger partial charge on any atom is -0.387 e. The van der Waals surface area contributed by atoms with E-state index in [9.17, 15) is 32.9 Å². The molecule has 2 rings (SSSR count). The standard InChI is InChI=1S/C9H14FN6O13P3/c10-5-6(17)9(14-15-12,27-7(5)16-2-1-4(11)13-8(16)18)3-26-31(22,23)29-32(24,25)28-30(19,20)21/h1-2,5-7,17H,3H2,(H,22,23)(H,24,25)(H2,11,13,18)(H2,19,20,21)/t5-,6+,7-,9?/m1/s1. The van der Waals surface area contributed by atoms with E-state index < -0.39 is 60.0 Å². The molecule has 1 aromatic heterocycles. The lowest BCUT2D eigenvalue weighted by Gasteiger charge is -2.27. The Morgan fingerprint density at radius 1 is 1.31 bits per heavy atom. The van der Waals surface area contributed by atoms with Gasteiger partial charge < -0.3 is 35.2 Å². The topological polar surface area (TPSA) is 299 Å². The van der Waals surface area contributed by atoms with Crippen molar-refractivity contribution in [3.63, 3.8) is 0 Å². The number of aliphatic hydroxyl groups excluding tert-OH is 1. The van der Waals surface area contributed by atoms with Crippen molar-refractivity contribution in [1.29, 1.82) is 0 Å². The average Bonchev–Trinajstić information content (AvgIpc) is 2.83. The van der Waals surface area contributed by atoms with Gasteiger partial charge in [0, 0.05) is 11.1 Å². The summed E-state index contributed by atoms with van der Waals surface area (Å²) in [4.78, 5) is 53.1. The first-order valence-corrected chi connectivity index (χ1v) is 12.2. The molecule has 2 heterocycles. The van der Waals surface area contributed by atoms with E-state index in [1.54, 1.807) is 0 Å². The molecule has 1 fully saturated rings. The lowest BCUT2D eigenvalue weighted by atomic mass is 10.1. The highest BCUT2D eigenvalue weighted by Crippen LogP contribution is 2.66. The fourth-order valence-corrected chi connectivity index (χ4v) is 5.41. The van der Waals surface area contributed by atoms with Gasteiger partial charge in [-0.2, -0.15) is 13.6 Å². The second-order valence-corrected chi connectivity index (χ2v) is 10.3. The Labute approximate surface area is 175 Å². The van der Waals surface area contributed by atoms with E-state index in [0.29, 0.717) is 4.57 Å². The van der Waals surface area contributed by atoms with Gasteiger partial charge in [0.15, 0.2) is 12.4 Å². The maximum absolute atomic E-state index is 14.7. The minimum atomic E-state index is -5.88. The first-order chi connectivity index (χ1) is 14.5. The number of hydrogen-bond acceptors (Lipinski definition) is 12. The fourth-order valence-electron chi connectivity index (χ4n) is 2.36. The van der Waals surface area contributed by atoms with Gasteiger partial charge in [0.05, 0.1) is 6.61 Å². The van der Waals surface area contributed by atoms with Crippen molar-refractivity contribution >= 4 is 29.3 Å².